The summed E-state index contributed by atoms with van der Waals surface area (Å²) in [6, 6.07) is 12.4. The smallest absolute Gasteiger partial charge is 0.220 e. The van der Waals surface area contributed by atoms with E-state index in [1.165, 1.54) is 12.1 Å². The molecule has 0 saturated heterocycles. The molecule has 0 atom stereocenters. The van der Waals surface area contributed by atoms with Crippen LogP contribution in [0.3, 0.4) is 0 Å². The molecular formula is C21H23FN2O2. The molecule has 0 aliphatic rings. The highest BCUT2D eigenvalue weighted by atomic mass is 19.1. The average molecular weight is 354 g/mol. The lowest BCUT2D eigenvalue weighted by atomic mass is 10.0. The van der Waals surface area contributed by atoms with Crippen LogP contribution in [0.25, 0.3) is 22.2 Å². The molecule has 0 bridgehead atoms. The summed E-state index contributed by atoms with van der Waals surface area (Å²) >= 11 is 0. The van der Waals surface area contributed by atoms with Crippen LogP contribution in [0.4, 0.5) is 4.39 Å². The third-order valence-electron chi connectivity index (χ3n) is 4.42. The van der Waals surface area contributed by atoms with E-state index < -0.39 is 0 Å². The number of fused-ring (bicyclic) bond motifs is 1. The van der Waals surface area contributed by atoms with E-state index in [1.54, 1.807) is 13.2 Å². The number of rotatable bonds is 7. The molecule has 3 aromatic rings. The van der Waals surface area contributed by atoms with Gasteiger partial charge >= 0.3 is 0 Å². The lowest BCUT2D eigenvalue weighted by Gasteiger charge is -2.07. The topological polar surface area (TPSA) is 54.1 Å². The van der Waals surface area contributed by atoms with Gasteiger partial charge in [-0.05, 0) is 66.4 Å². The highest BCUT2D eigenvalue weighted by Crippen LogP contribution is 2.32. The number of ether oxygens (including phenoxy) is 1. The van der Waals surface area contributed by atoms with Gasteiger partial charge in [-0.15, -0.1) is 0 Å². The van der Waals surface area contributed by atoms with Crippen molar-refractivity contribution in [2.45, 2.75) is 26.2 Å². The van der Waals surface area contributed by atoms with E-state index in [4.69, 9.17) is 4.74 Å². The molecular weight excluding hydrogens is 331 g/mol. The first-order valence-corrected chi connectivity index (χ1v) is 8.83. The number of aromatic amines is 1. The second kappa shape index (κ2) is 8.04. The van der Waals surface area contributed by atoms with Crippen LogP contribution in [0.15, 0.2) is 42.5 Å². The van der Waals surface area contributed by atoms with Gasteiger partial charge in [0, 0.05) is 29.6 Å². The molecule has 0 spiro atoms. The van der Waals surface area contributed by atoms with Crippen LogP contribution in [-0.2, 0) is 11.2 Å². The van der Waals surface area contributed by atoms with Crippen LogP contribution >= 0.6 is 0 Å². The Morgan fingerprint density at radius 3 is 2.65 bits per heavy atom. The molecule has 1 heterocycles. The van der Waals surface area contributed by atoms with Crippen molar-refractivity contribution in [1.29, 1.82) is 0 Å². The number of methoxy groups -OCH3 is 1. The Morgan fingerprint density at radius 2 is 1.96 bits per heavy atom. The average Bonchev–Trinajstić information content (AvgIpc) is 3.02. The van der Waals surface area contributed by atoms with E-state index in [9.17, 15) is 9.18 Å². The number of aryl methyl sites for hydroxylation is 1. The minimum absolute atomic E-state index is 0.0123. The number of hydrogen-bond acceptors (Lipinski definition) is 2. The minimum atomic E-state index is -0.283. The summed E-state index contributed by atoms with van der Waals surface area (Å²) in [4.78, 5) is 15.4. The number of carbonyl (C=O) groups excluding carboxylic acids is 1. The number of amides is 1. The predicted octanol–water partition coefficient (Wildman–Crippen LogP) is 4.44. The number of hydrogen-bond donors (Lipinski definition) is 2. The summed E-state index contributed by atoms with van der Waals surface area (Å²) in [5.41, 5.74) is 3.71. The number of nitrogens with one attached hydrogen (secondary N) is 2. The molecule has 0 saturated carbocycles. The fourth-order valence-electron chi connectivity index (χ4n) is 3.08. The Hall–Kier alpha value is -2.82. The zero-order chi connectivity index (χ0) is 18.5. The van der Waals surface area contributed by atoms with E-state index in [2.05, 4.69) is 10.3 Å². The van der Waals surface area contributed by atoms with Gasteiger partial charge in [0.05, 0.1) is 7.11 Å². The van der Waals surface area contributed by atoms with Crippen molar-refractivity contribution in [1.82, 2.24) is 10.3 Å². The van der Waals surface area contributed by atoms with Gasteiger partial charge in [0.2, 0.25) is 5.91 Å². The summed E-state index contributed by atoms with van der Waals surface area (Å²) in [6.45, 7) is 2.69. The summed E-state index contributed by atoms with van der Waals surface area (Å²) in [7, 11) is 1.63. The van der Waals surface area contributed by atoms with Gasteiger partial charge < -0.3 is 15.0 Å². The predicted molar refractivity (Wildman–Crippen MR) is 102 cm³/mol. The first-order chi connectivity index (χ1) is 12.6. The first kappa shape index (κ1) is 18.0. The fraction of sp³-hybridized carbons (Fsp3) is 0.286. The Bertz CT molecular complexity index is 900. The van der Waals surface area contributed by atoms with Crippen LogP contribution < -0.4 is 10.1 Å². The Kier molecular flexibility index (Phi) is 5.56. The number of halogens is 1. The van der Waals surface area contributed by atoms with Crippen molar-refractivity contribution >= 4 is 16.8 Å². The summed E-state index contributed by atoms with van der Waals surface area (Å²) < 4.78 is 19.0. The van der Waals surface area contributed by atoms with E-state index in [-0.39, 0.29) is 11.7 Å². The Balaban J connectivity index is 1.97. The van der Waals surface area contributed by atoms with Crippen molar-refractivity contribution in [3.8, 4) is 17.0 Å². The molecule has 4 nitrogen and oxygen atoms in total. The maximum atomic E-state index is 13.8. The minimum Gasteiger partial charge on any atom is -0.497 e. The van der Waals surface area contributed by atoms with Gasteiger partial charge in [-0.3, -0.25) is 4.79 Å². The Labute approximate surface area is 152 Å². The summed E-state index contributed by atoms with van der Waals surface area (Å²) in [5, 5.41) is 3.71. The standard InChI is InChI=1S/C21H23FN2O2/c1-3-12-23-20(25)11-9-17-18-13-15(22)6-10-19(18)24-21(17)14-4-7-16(26-2)8-5-14/h4-8,10,13,24H,3,9,11-12H2,1-2H3,(H,23,25). The highest BCUT2D eigenvalue weighted by Gasteiger charge is 2.15. The van der Waals surface area contributed by atoms with Crippen molar-refractivity contribution in [2.75, 3.05) is 13.7 Å². The molecule has 0 radical (unpaired) electrons. The van der Waals surface area contributed by atoms with E-state index in [1.807, 2.05) is 31.2 Å². The summed E-state index contributed by atoms with van der Waals surface area (Å²) in [6.07, 6.45) is 1.81. The van der Waals surface area contributed by atoms with Crippen molar-refractivity contribution in [3.05, 3.63) is 53.8 Å². The third-order valence-corrected chi connectivity index (χ3v) is 4.42. The number of carbonyl (C=O) groups is 1. The van der Waals surface area contributed by atoms with Crippen LogP contribution in [-0.4, -0.2) is 24.5 Å². The van der Waals surface area contributed by atoms with Crippen LogP contribution in [0.1, 0.15) is 25.3 Å². The molecule has 2 N–H and O–H groups in total. The van der Waals surface area contributed by atoms with Gasteiger partial charge in [0.1, 0.15) is 11.6 Å². The van der Waals surface area contributed by atoms with Crippen molar-refractivity contribution < 1.29 is 13.9 Å². The molecule has 136 valence electrons. The molecule has 0 aliphatic heterocycles. The fourth-order valence-corrected chi connectivity index (χ4v) is 3.08. The zero-order valence-electron chi connectivity index (χ0n) is 15.1. The van der Waals surface area contributed by atoms with Gasteiger partial charge in [-0.1, -0.05) is 6.92 Å². The highest BCUT2D eigenvalue weighted by molar-refractivity contribution is 5.91. The third kappa shape index (κ3) is 3.87. The number of H-pyrrole nitrogens is 1. The Morgan fingerprint density at radius 1 is 1.19 bits per heavy atom. The van der Waals surface area contributed by atoms with Crippen molar-refractivity contribution in [2.24, 2.45) is 0 Å². The molecule has 0 fully saturated rings. The molecule has 5 heteroatoms. The largest absolute Gasteiger partial charge is 0.497 e. The monoisotopic (exact) mass is 354 g/mol. The lowest BCUT2D eigenvalue weighted by molar-refractivity contribution is -0.121. The number of aromatic nitrogens is 1. The molecule has 0 unspecified atom stereocenters. The second-order valence-electron chi connectivity index (χ2n) is 6.25. The second-order valence-corrected chi connectivity index (χ2v) is 6.25. The maximum Gasteiger partial charge on any atom is 0.220 e. The first-order valence-electron chi connectivity index (χ1n) is 8.83. The van der Waals surface area contributed by atoms with Gasteiger partial charge in [0.25, 0.3) is 0 Å². The molecule has 26 heavy (non-hydrogen) atoms. The van der Waals surface area contributed by atoms with Crippen LogP contribution in [0.5, 0.6) is 5.75 Å². The zero-order valence-corrected chi connectivity index (χ0v) is 15.1. The normalized spacial score (nSPS) is 10.9. The van der Waals surface area contributed by atoms with Crippen LogP contribution in [0.2, 0.25) is 0 Å². The number of benzene rings is 2. The van der Waals surface area contributed by atoms with E-state index in [0.717, 1.165) is 39.9 Å². The van der Waals surface area contributed by atoms with E-state index >= 15 is 0 Å². The quantitative estimate of drug-likeness (QED) is 0.659. The maximum absolute atomic E-state index is 13.8. The SMILES string of the molecule is CCCNC(=O)CCc1c(-c2ccc(OC)cc2)[nH]c2ccc(F)cc12. The lowest BCUT2D eigenvalue weighted by Crippen LogP contribution is -2.24. The van der Waals surface area contributed by atoms with Gasteiger partial charge in [-0.25, -0.2) is 4.39 Å². The van der Waals surface area contributed by atoms with Gasteiger partial charge in [0.15, 0.2) is 0 Å². The van der Waals surface area contributed by atoms with E-state index in [0.29, 0.717) is 19.4 Å². The molecule has 1 aromatic heterocycles. The van der Waals surface area contributed by atoms with Crippen LogP contribution in [0, 0.1) is 5.82 Å². The summed E-state index contributed by atoms with van der Waals surface area (Å²) in [5.74, 6) is 0.504. The van der Waals surface area contributed by atoms with Gasteiger partial charge in [-0.2, -0.15) is 0 Å². The molecule has 2 aromatic carbocycles. The molecule has 0 aliphatic carbocycles. The van der Waals surface area contributed by atoms with Crippen molar-refractivity contribution in [3.63, 3.8) is 0 Å². The molecule has 1 amide bonds. The molecule has 3 rings (SSSR count).